The third-order valence-electron chi connectivity index (χ3n) is 2.42. The van der Waals surface area contributed by atoms with Gasteiger partial charge < -0.3 is 4.90 Å². The molecule has 2 heterocycles. The first kappa shape index (κ1) is 8.36. The van der Waals surface area contributed by atoms with Gasteiger partial charge in [0.25, 0.3) is 0 Å². The zero-order valence-electron chi connectivity index (χ0n) is 7.98. The first-order valence-electron chi connectivity index (χ1n) is 4.93. The highest BCUT2D eigenvalue weighted by Gasteiger charge is 2.11. The minimum atomic E-state index is 0.632. The average molecular weight is 173 g/mol. The van der Waals surface area contributed by atoms with Crippen LogP contribution in [0.4, 0.5) is 0 Å². The molecule has 0 saturated heterocycles. The van der Waals surface area contributed by atoms with Crippen LogP contribution < -0.4 is 0 Å². The normalized spacial score (nSPS) is 24.5. The van der Waals surface area contributed by atoms with Gasteiger partial charge in [-0.25, -0.2) is 0 Å². The summed E-state index contributed by atoms with van der Waals surface area (Å²) in [7, 11) is 0. The van der Waals surface area contributed by atoms with E-state index in [-0.39, 0.29) is 0 Å². The molecule has 0 radical (unpaired) electrons. The van der Waals surface area contributed by atoms with E-state index in [1.54, 1.807) is 0 Å². The van der Waals surface area contributed by atoms with E-state index < -0.39 is 0 Å². The van der Waals surface area contributed by atoms with Crippen molar-refractivity contribution in [2.75, 3.05) is 0 Å². The molecule has 13 heavy (non-hydrogen) atoms. The maximum absolute atomic E-state index is 2.34. The van der Waals surface area contributed by atoms with Gasteiger partial charge in [0, 0.05) is 18.1 Å². The van der Waals surface area contributed by atoms with Crippen molar-refractivity contribution >= 4 is 0 Å². The Morgan fingerprint density at radius 2 is 2.23 bits per heavy atom. The van der Waals surface area contributed by atoms with Gasteiger partial charge in [-0.05, 0) is 24.5 Å². The van der Waals surface area contributed by atoms with E-state index in [0.717, 1.165) is 0 Å². The molecule has 0 aromatic carbocycles. The highest BCUT2D eigenvalue weighted by molar-refractivity contribution is 5.33. The topological polar surface area (TPSA) is 3.24 Å². The van der Waals surface area contributed by atoms with Crippen LogP contribution in [0.2, 0.25) is 0 Å². The summed E-state index contributed by atoms with van der Waals surface area (Å²) in [6.07, 6.45) is 17.7. The van der Waals surface area contributed by atoms with Crippen LogP contribution in [0.25, 0.3) is 0 Å². The molecule has 2 aliphatic rings. The van der Waals surface area contributed by atoms with Crippen LogP contribution in [0.3, 0.4) is 0 Å². The van der Waals surface area contributed by atoms with E-state index in [0.29, 0.717) is 5.92 Å². The Labute approximate surface area is 79.7 Å². The molecule has 0 spiro atoms. The average Bonchev–Trinajstić information content (AvgIpc) is 2.18. The summed E-state index contributed by atoms with van der Waals surface area (Å²) >= 11 is 0. The van der Waals surface area contributed by atoms with Crippen molar-refractivity contribution in [3.63, 3.8) is 0 Å². The number of allylic oxidation sites excluding steroid dienone is 5. The van der Waals surface area contributed by atoms with Crippen molar-refractivity contribution in [3.05, 3.63) is 48.5 Å². The zero-order valence-corrected chi connectivity index (χ0v) is 7.98. The lowest BCUT2D eigenvalue weighted by Crippen LogP contribution is -2.15. The molecule has 1 unspecified atom stereocenters. The minimum Gasteiger partial charge on any atom is -0.324 e. The number of rotatable bonds is 2. The Balaban J connectivity index is 2.13. The number of fused-ring (bicyclic) bond motifs is 1. The Morgan fingerprint density at radius 3 is 3.08 bits per heavy atom. The molecule has 0 aliphatic carbocycles. The van der Waals surface area contributed by atoms with Gasteiger partial charge in [0.2, 0.25) is 0 Å². The van der Waals surface area contributed by atoms with Crippen molar-refractivity contribution in [3.8, 4) is 0 Å². The standard InChI is InChI=1S/C12H15N/c1-2-5-11-7-9-13-8-4-3-6-12(13)10-11/h3-4,6-11H,2,5H2,1H3. The maximum Gasteiger partial charge on any atom is 0.0415 e. The van der Waals surface area contributed by atoms with E-state index >= 15 is 0 Å². The zero-order chi connectivity index (χ0) is 9.10. The SMILES string of the molecule is CCCC1C=CN2C=CC=CC2=C1. The van der Waals surface area contributed by atoms with Crippen molar-refractivity contribution in [2.24, 2.45) is 5.92 Å². The summed E-state index contributed by atoms with van der Waals surface area (Å²) in [6, 6.07) is 0. The lowest BCUT2D eigenvalue weighted by atomic mass is 9.99. The van der Waals surface area contributed by atoms with Crippen molar-refractivity contribution in [1.29, 1.82) is 0 Å². The first-order valence-corrected chi connectivity index (χ1v) is 4.93. The predicted octanol–water partition coefficient (Wildman–Crippen LogP) is 3.20. The molecule has 2 aliphatic heterocycles. The van der Waals surface area contributed by atoms with Gasteiger partial charge in [0.1, 0.15) is 0 Å². The van der Waals surface area contributed by atoms with E-state index in [9.17, 15) is 0 Å². The molecule has 0 aromatic rings. The fraction of sp³-hybridized carbons (Fsp3) is 0.333. The highest BCUT2D eigenvalue weighted by Crippen LogP contribution is 2.23. The van der Waals surface area contributed by atoms with Crippen LogP contribution in [-0.4, -0.2) is 4.90 Å². The summed E-state index contributed by atoms with van der Waals surface area (Å²) in [4.78, 5) is 2.16. The van der Waals surface area contributed by atoms with E-state index in [1.165, 1.54) is 18.5 Å². The van der Waals surface area contributed by atoms with Gasteiger partial charge in [-0.2, -0.15) is 0 Å². The summed E-state index contributed by atoms with van der Waals surface area (Å²) in [5.41, 5.74) is 1.31. The molecule has 1 nitrogen and oxygen atoms in total. The second-order valence-corrected chi connectivity index (χ2v) is 3.49. The summed E-state index contributed by atoms with van der Waals surface area (Å²) < 4.78 is 0. The van der Waals surface area contributed by atoms with Gasteiger partial charge in [-0.1, -0.05) is 31.6 Å². The Bertz CT molecular complexity index is 294. The van der Waals surface area contributed by atoms with Crippen LogP contribution in [0.15, 0.2) is 48.5 Å². The first-order chi connectivity index (χ1) is 6.40. The van der Waals surface area contributed by atoms with Gasteiger partial charge in [0.15, 0.2) is 0 Å². The lowest BCUT2D eigenvalue weighted by molar-refractivity contribution is 0.577. The molecule has 0 N–H and O–H groups in total. The molecule has 0 bridgehead atoms. The van der Waals surface area contributed by atoms with Gasteiger partial charge in [-0.15, -0.1) is 0 Å². The van der Waals surface area contributed by atoms with Crippen LogP contribution in [0, 0.1) is 5.92 Å². The fourth-order valence-electron chi connectivity index (χ4n) is 1.74. The van der Waals surface area contributed by atoms with Gasteiger partial charge >= 0.3 is 0 Å². The molecule has 0 fully saturated rings. The molecule has 0 aromatic heterocycles. The van der Waals surface area contributed by atoms with Crippen LogP contribution >= 0.6 is 0 Å². The Hall–Kier alpha value is -1.24. The Morgan fingerprint density at radius 1 is 1.31 bits per heavy atom. The highest BCUT2D eigenvalue weighted by atomic mass is 15.1. The minimum absolute atomic E-state index is 0.632. The number of hydrogen-bond acceptors (Lipinski definition) is 1. The molecule has 68 valence electrons. The van der Waals surface area contributed by atoms with Crippen molar-refractivity contribution in [2.45, 2.75) is 19.8 Å². The molecular weight excluding hydrogens is 158 g/mol. The van der Waals surface area contributed by atoms with Crippen molar-refractivity contribution < 1.29 is 0 Å². The maximum atomic E-state index is 2.34. The quantitative estimate of drug-likeness (QED) is 0.619. The predicted molar refractivity (Wildman–Crippen MR) is 55.7 cm³/mol. The number of nitrogens with zero attached hydrogens (tertiary/aromatic N) is 1. The fourth-order valence-corrected chi connectivity index (χ4v) is 1.74. The molecular formula is C12H15N. The Kier molecular flexibility index (Phi) is 2.35. The molecule has 1 atom stereocenters. The summed E-state index contributed by atoms with van der Waals surface area (Å²) in [5, 5.41) is 0. The molecule has 1 heteroatoms. The smallest absolute Gasteiger partial charge is 0.0415 e. The second-order valence-electron chi connectivity index (χ2n) is 3.49. The third kappa shape index (κ3) is 1.74. The molecule has 2 rings (SSSR count). The van der Waals surface area contributed by atoms with Crippen molar-refractivity contribution in [1.82, 2.24) is 4.90 Å². The van der Waals surface area contributed by atoms with Gasteiger partial charge in [0.05, 0.1) is 0 Å². The number of hydrogen-bond donors (Lipinski definition) is 0. The monoisotopic (exact) mass is 173 g/mol. The van der Waals surface area contributed by atoms with E-state index in [2.05, 4.69) is 54.6 Å². The van der Waals surface area contributed by atoms with Crippen LogP contribution in [0.1, 0.15) is 19.8 Å². The van der Waals surface area contributed by atoms with Crippen LogP contribution in [-0.2, 0) is 0 Å². The largest absolute Gasteiger partial charge is 0.324 e. The third-order valence-corrected chi connectivity index (χ3v) is 2.42. The van der Waals surface area contributed by atoms with E-state index in [1.807, 2.05) is 0 Å². The second kappa shape index (κ2) is 3.65. The molecule has 0 saturated carbocycles. The van der Waals surface area contributed by atoms with E-state index in [4.69, 9.17) is 0 Å². The lowest BCUT2D eigenvalue weighted by Gasteiger charge is -2.25. The van der Waals surface area contributed by atoms with Crippen LogP contribution in [0.5, 0.6) is 0 Å². The summed E-state index contributed by atoms with van der Waals surface area (Å²) in [6.45, 7) is 2.23. The summed E-state index contributed by atoms with van der Waals surface area (Å²) in [5.74, 6) is 0.632. The van der Waals surface area contributed by atoms with Gasteiger partial charge in [-0.3, -0.25) is 0 Å². The molecule has 0 amide bonds.